The molecule has 120 valence electrons. The number of carbonyl (C=O) groups is 1. The van der Waals surface area contributed by atoms with Crippen LogP contribution in [0.4, 0.5) is 4.79 Å². The summed E-state index contributed by atoms with van der Waals surface area (Å²) < 4.78 is 16.0. The van der Waals surface area contributed by atoms with Gasteiger partial charge < -0.3 is 19.1 Å². The first-order valence-electron chi connectivity index (χ1n) is 7.60. The molecular formula is C18H19NO4. The zero-order chi connectivity index (χ0) is 16.1. The zero-order valence-electron chi connectivity index (χ0n) is 13.0. The number of carbonyl (C=O) groups excluding carboxylic acids is 1. The summed E-state index contributed by atoms with van der Waals surface area (Å²) in [4.78, 5) is 13.9. The fourth-order valence-electron chi connectivity index (χ4n) is 2.38. The lowest BCUT2D eigenvalue weighted by molar-refractivity contribution is 0.0956. The van der Waals surface area contributed by atoms with Crippen molar-refractivity contribution < 1.29 is 19.0 Å². The molecule has 0 bridgehead atoms. The minimum atomic E-state index is -0.325. The topological polar surface area (TPSA) is 48.0 Å². The number of amides is 1. The van der Waals surface area contributed by atoms with Gasteiger partial charge in [-0.05, 0) is 30.2 Å². The average Bonchev–Trinajstić information content (AvgIpc) is 3.06. The van der Waals surface area contributed by atoms with E-state index in [2.05, 4.69) is 0 Å². The third kappa shape index (κ3) is 3.74. The second kappa shape index (κ2) is 7.05. The van der Waals surface area contributed by atoms with Crippen LogP contribution in [0.5, 0.6) is 11.5 Å². The summed E-state index contributed by atoms with van der Waals surface area (Å²) in [5.41, 5.74) is 1.95. The van der Waals surface area contributed by atoms with Gasteiger partial charge in [-0.2, -0.15) is 0 Å². The monoisotopic (exact) mass is 313 g/mol. The highest BCUT2D eigenvalue weighted by Gasteiger charge is 2.17. The molecule has 0 unspecified atom stereocenters. The molecule has 23 heavy (non-hydrogen) atoms. The number of fused-ring (bicyclic) bond motifs is 1. The number of hydrogen-bond donors (Lipinski definition) is 0. The number of hydrogen-bond acceptors (Lipinski definition) is 4. The van der Waals surface area contributed by atoms with Gasteiger partial charge in [0.1, 0.15) is 6.61 Å². The third-order valence-corrected chi connectivity index (χ3v) is 3.66. The molecule has 0 saturated heterocycles. The Kier molecular flexibility index (Phi) is 4.66. The van der Waals surface area contributed by atoms with Crippen molar-refractivity contribution in [1.29, 1.82) is 0 Å². The van der Waals surface area contributed by atoms with E-state index in [1.54, 1.807) is 4.90 Å². The fourth-order valence-corrected chi connectivity index (χ4v) is 2.38. The molecule has 2 aromatic rings. The lowest BCUT2D eigenvalue weighted by Gasteiger charge is -2.20. The van der Waals surface area contributed by atoms with E-state index in [1.807, 2.05) is 55.5 Å². The first-order valence-corrected chi connectivity index (χ1v) is 7.60. The fraction of sp³-hybridized carbons (Fsp3) is 0.278. The van der Waals surface area contributed by atoms with Crippen molar-refractivity contribution in [3.8, 4) is 11.5 Å². The Labute approximate surface area is 135 Å². The molecule has 0 fully saturated rings. The van der Waals surface area contributed by atoms with E-state index in [0.717, 1.165) is 22.6 Å². The molecule has 0 saturated carbocycles. The van der Waals surface area contributed by atoms with Crippen LogP contribution in [0.1, 0.15) is 18.1 Å². The maximum atomic E-state index is 12.2. The van der Waals surface area contributed by atoms with Gasteiger partial charge in [-0.3, -0.25) is 0 Å². The first-order chi connectivity index (χ1) is 11.3. The normalized spacial score (nSPS) is 12.0. The maximum absolute atomic E-state index is 12.2. The van der Waals surface area contributed by atoms with Crippen LogP contribution in [0.2, 0.25) is 0 Å². The minimum absolute atomic E-state index is 0.245. The molecule has 0 N–H and O–H groups in total. The van der Waals surface area contributed by atoms with Crippen LogP contribution in [-0.4, -0.2) is 24.3 Å². The molecule has 5 heteroatoms. The molecule has 0 radical (unpaired) electrons. The molecule has 0 atom stereocenters. The van der Waals surface area contributed by atoms with Gasteiger partial charge in [-0.1, -0.05) is 36.4 Å². The Balaban J connectivity index is 1.59. The van der Waals surface area contributed by atoms with Crippen LogP contribution in [0.15, 0.2) is 48.5 Å². The number of rotatable bonds is 5. The Morgan fingerprint density at radius 1 is 1.09 bits per heavy atom. The van der Waals surface area contributed by atoms with Gasteiger partial charge in [0.2, 0.25) is 6.79 Å². The molecule has 2 aromatic carbocycles. The summed E-state index contributed by atoms with van der Waals surface area (Å²) in [7, 11) is 0. The number of benzene rings is 2. The second-order valence-corrected chi connectivity index (χ2v) is 5.24. The molecule has 5 nitrogen and oxygen atoms in total. The van der Waals surface area contributed by atoms with E-state index in [1.165, 1.54) is 0 Å². The van der Waals surface area contributed by atoms with E-state index in [-0.39, 0.29) is 19.5 Å². The van der Waals surface area contributed by atoms with E-state index in [4.69, 9.17) is 14.2 Å². The molecule has 0 aliphatic carbocycles. The van der Waals surface area contributed by atoms with Crippen LogP contribution in [0, 0.1) is 0 Å². The first kappa shape index (κ1) is 15.2. The summed E-state index contributed by atoms with van der Waals surface area (Å²) in [6, 6.07) is 15.3. The van der Waals surface area contributed by atoms with Gasteiger partial charge in [0.25, 0.3) is 0 Å². The molecule has 1 aliphatic rings. The van der Waals surface area contributed by atoms with Gasteiger partial charge >= 0.3 is 6.09 Å². The van der Waals surface area contributed by atoms with Crippen molar-refractivity contribution in [2.24, 2.45) is 0 Å². The summed E-state index contributed by atoms with van der Waals surface area (Å²) in [5, 5.41) is 0. The van der Waals surface area contributed by atoms with E-state index in [9.17, 15) is 4.79 Å². The standard InChI is InChI=1S/C18H19NO4/c1-2-19(18(20)21-12-14-6-4-3-5-7-14)11-15-8-9-16-17(10-15)23-13-22-16/h3-10H,2,11-13H2,1H3. The van der Waals surface area contributed by atoms with Crippen molar-refractivity contribution in [3.05, 3.63) is 59.7 Å². The Bertz CT molecular complexity index is 672. The zero-order valence-corrected chi connectivity index (χ0v) is 13.0. The van der Waals surface area contributed by atoms with Gasteiger partial charge in [0.05, 0.1) is 0 Å². The molecular weight excluding hydrogens is 294 g/mol. The van der Waals surface area contributed by atoms with Gasteiger partial charge in [-0.25, -0.2) is 4.79 Å². The average molecular weight is 313 g/mol. The van der Waals surface area contributed by atoms with E-state index >= 15 is 0 Å². The summed E-state index contributed by atoms with van der Waals surface area (Å²) in [6.07, 6.45) is -0.325. The van der Waals surface area contributed by atoms with Gasteiger partial charge in [0, 0.05) is 13.1 Å². The van der Waals surface area contributed by atoms with Crippen molar-refractivity contribution in [3.63, 3.8) is 0 Å². The largest absolute Gasteiger partial charge is 0.454 e. The van der Waals surface area contributed by atoms with Crippen LogP contribution < -0.4 is 9.47 Å². The third-order valence-electron chi connectivity index (χ3n) is 3.66. The predicted octanol–water partition coefficient (Wildman–Crippen LogP) is 3.57. The quantitative estimate of drug-likeness (QED) is 0.846. The highest BCUT2D eigenvalue weighted by Crippen LogP contribution is 2.32. The van der Waals surface area contributed by atoms with Crippen molar-refractivity contribution in [2.75, 3.05) is 13.3 Å². The molecule has 1 amide bonds. The van der Waals surface area contributed by atoms with Crippen molar-refractivity contribution in [2.45, 2.75) is 20.1 Å². The molecule has 3 rings (SSSR count). The molecule has 1 aliphatic heterocycles. The molecule has 1 heterocycles. The highest BCUT2D eigenvalue weighted by molar-refractivity contribution is 5.67. The second-order valence-electron chi connectivity index (χ2n) is 5.24. The summed E-state index contributed by atoms with van der Waals surface area (Å²) in [5.74, 6) is 1.46. The summed E-state index contributed by atoms with van der Waals surface area (Å²) >= 11 is 0. The van der Waals surface area contributed by atoms with Crippen molar-refractivity contribution in [1.82, 2.24) is 4.90 Å². The Morgan fingerprint density at radius 3 is 2.65 bits per heavy atom. The smallest absolute Gasteiger partial charge is 0.410 e. The lowest BCUT2D eigenvalue weighted by Crippen LogP contribution is -2.30. The van der Waals surface area contributed by atoms with Gasteiger partial charge in [0.15, 0.2) is 11.5 Å². The van der Waals surface area contributed by atoms with Crippen LogP contribution in [-0.2, 0) is 17.9 Å². The van der Waals surface area contributed by atoms with Crippen LogP contribution >= 0.6 is 0 Å². The van der Waals surface area contributed by atoms with Crippen LogP contribution in [0.25, 0.3) is 0 Å². The molecule has 0 aromatic heterocycles. The van der Waals surface area contributed by atoms with Gasteiger partial charge in [-0.15, -0.1) is 0 Å². The Hall–Kier alpha value is -2.69. The maximum Gasteiger partial charge on any atom is 0.410 e. The highest BCUT2D eigenvalue weighted by atomic mass is 16.7. The van der Waals surface area contributed by atoms with E-state index < -0.39 is 0 Å². The van der Waals surface area contributed by atoms with Crippen molar-refractivity contribution >= 4 is 6.09 Å². The number of ether oxygens (including phenoxy) is 3. The SMILES string of the molecule is CCN(Cc1ccc2c(c1)OCO2)C(=O)OCc1ccccc1. The molecule has 0 spiro atoms. The Morgan fingerprint density at radius 2 is 1.87 bits per heavy atom. The predicted molar refractivity (Wildman–Crippen MR) is 85.3 cm³/mol. The van der Waals surface area contributed by atoms with E-state index in [0.29, 0.717) is 13.1 Å². The summed E-state index contributed by atoms with van der Waals surface area (Å²) in [6.45, 7) is 3.49. The minimum Gasteiger partial charge on any atom is -0.454 e. The lowest BCUT2D eigenvalue weighted by atomic mass is 10.2. The van der Waals surface area contributed by atoms with Crippen LogP contribution in [0.3, 0.4) is 0 Å². The number of nitrogens with zero attached hydrogens (tertiary/aromatic N) is 1.